The molecule has 1 fully saturated rings. The van der Waals surface area contributed by atoms with Crippen molar-refractivity contribution in [3.8, 4) is 6.01 Å². The van der Waals surface area contributed by atoms with Gasteiger partial charge in [-0.05, 0) is 24.8 Å². The molecule has 2 aromatic heterocycles. The van der Waals surface area contributed by atoms with Gasteiger partial charge in [0.1, 0.15) is 0 Å². The Morgan fingerprint density at radius 3 is 2.80 bits per heavy atom. The fourth-order valence-electron chi connectivity index (χ4n) is 3.23. The molecule has 2 aromatic rings. The summed E-state index contributed by atoms with van der Waals surface area (Å²) in [4.78, 5) is 8.17. The van der Waals surface area contributed by atoms with Gasteiger partial charge < -0.3 is 10.2 Å². The highest BCUT2D eigenvalue weighted by atomic mass is 35.5. The Balaban J connectivity index is 2.06. The van der Waals surface area contributed by atoms with E-state index in [0.717, 1.165) is 12.8 Å². The van der Waals surface area contributed by atoms with Gasteiger partial charge in [-0.3, -0.25) is 4.57 Å². The number of aliphatic hydroxyl groups excluding tert-OH is 1. The van der Waals surface area contributed by atoms with E-state index in [2.05, 4.69) is 9.97 Å². The zero-order chi connectivity index (χ0) is 14.1. The Kier molecular flexibility index (Phi) is 3.81. The first kappa shape index (κ1) is 13.6. The Labute approximate surface area is 122 Å². The Hall–Kier alpha value is -1.33. The molecule has 5 nitrogen and oxygen atoms in total. The van der Waals surface area contributed by atoms with E-state index in [1.54, 1.807) is 10.6 Å². The molecule has 1 atom stereocenters. The molecule has 2 heterocycles. The molecular formula is C14H18ClN3O2. The summed E-state index contributed by atoms with van der Waals surface area (Å²) in [5.74, 6) is 0.357. The number of hydrogen-bond donors (Lipinski definition) is 2. The number of aromatic nitrogens is 3. The van der Waals surface area contributed by atoms with Crippen molar-refractivity contribution in [3.05, 3.63) is 17.3 Å². The number of rotatable bonds is 3. The number of halogens is 1. The summed E-state index contributed by atoms with van der Waals surface area (Å²) in [7, 11) is 0. The van der Waals surface area contributed by atoms with Crippen molar-refractivity contribution in [3.63, 3.8) is 0 Å². The Bertz CT molecular complexity index is 608. The molecule has 0 aromatic carbocycles. The Morgan fingerprint density at radius 2 is 2.10 bits per heavy atom. The summed E-state index contributed by atoms with van der Waals surface area (Å²) in [5, 5.41) is 20.4. The van der Waals surface area contributed by atoms with Gasteiger partial charge in [-0.1, -0.05) is 30.9 Å². The molecule has 1 saturated carbocycles. The van der Waals surface area contributed by atoms with Gasteiger partial charge in [-0.15, -0.1) is 0 Å². The molecule has 0 amide bonds. The second-order valence-electron chi connectivity index (χ2n) is 5.43. The van der Waals surface area contributed by atoms with Crippen LogP contribution in [0.1, 0.15) is 38.1 Å². The van der Waals surface area contributed by atoms with Crippen LogP contribution >= 0.6 is 11.6 Å². The summed E-state index contributed by atoms with van der Waals surface area (Å²) in [6.45, 7) is -0.0177. The van der Waals surface area contributed by atoms with E-state index in [1.165, 1.54) is 25.5 Å². The number of nitrogens with zero attached hydrogens (tertiary/aromatic N) is 3. The number of pyridine rings is 1. The van der Waals surface area contributed by atoms with E-state index in [9.17, 15) is 10.2 Å². The monoisotopic (exact) mass is 295 g/mol. The molecule has 20 heavy (non-hydrogen) atoms. The SMILES string of the molecule is OC[C@@H](C1CCCCC1)n1c(O)nc2ncc(Cl)cc21. The van der Waals surface area contributed by atoms with E-state index in [-0.39, 0.29) is 18.7 Å². The van der Waals surface area contributed by atoms with E-state index in [1.807, 2.05) is 0 Å². The topological polar surface area (TPSA) is 71.2 Å². The lowest BCUT2D eigenvalue weighted by Gasteiger charge is -2.30. The van der Waals surface area contributed by atoms with Gasteiger partial charge in [0.2, 0.25) is 0 Å². The van der Waals surface area contributed by atoms with Crippen molar-refractivity contribution in [2.24, 2.45) is 5.92 Å². The zero-order valence-electron chi connectivity index (χ0n) is 11.2. The first-order valence-corrected chi connectivity index (χ1v) is 7.42. The van der Waals surface area contributed by atoms with Gasteiger partial charge in [0, 0.05) is 6.20 Å². The highest BCUT2D eigenvalue weighted by molar-refractivity contribution is 6.31. The van der Waals surface area contributed by atoms with Crippen LogP contribution in [-0.2, 0) is 0 Å². The van der Waals surface area contributed by atoms with Crippen LogP contribution in [0.5, 0.6) is 6.01 Å². The molecular weight excluding hydrogens is 278 g/mol. The summed E-state index contributed by atoms with van der Waals surface area (Å²) in [6.07, 6.45) is 7.24. The fourth-order valence-corrected chi connectivity index (χ4v) is 3.38. The van der Waals surface area contributed by atoms with E-state index < -0.39 is 0 Å². The number of aliphatic hydroxyl groups is 1. The molecule has 108 valence electrons. The summed E-state index contributed by atoms with van der Waals surface area (Å²) < 4.78 is 1.68. The van der Waals surface area contributed by atoms with Crippen LogP contribution < -0.4 is 0 Å². The highest BCUT2D eigenvalue weighted by Gasteiger charge is 2.28. The number of aromatic hydroxyl groups is 1. The maximum Gasteiger partial charge on any atom is 0.296 e. The van der Waals surface area contributed by atoms with Crippen molar-refractivity contribution in [1.29, 1.82) is 0 Å². The smallest absolute Gasteiger partial charge is 0.296 e. The maximum absolute atomic E-state index is 10.1. The van der Waals surface area contributed by atoms with Crippen LogP contribution in [0.3, 0.4) is 0 Å². The zero-order valence-corrected chi connectivity index (χ0v) is 11.9. The number of hydrogen-bond acceptors (Lipinski definition) is 4. The standard InChI is InChI=1S/C14H18ClN3O2/c15-10-6-11-13(16-7-10)17-14(20)18(11)12(8-19)9-4-2-1-3-5-9/h6-7,9,12,19H,1-5,8H2,(H,16,17,20)/t12-/m0/s1. The molecule has 0 unspecified atom stereocenters. The average molecular weight is 296 g/mol. The first-order chi connectivity index (χ1) is 9.70. The molecule has 3 rings (SSSR count). The minimum absolute atomic E-state index is 0.0177. The van der Waals surface area contributed by atoms with Crippen LogP contribution in [0.2, 0.25) is 5.02 Å². The van der Waals surface area contributed by atoms with Crippen molar-refractivity contribution >= 4 is 22.8 Å². The minimum atomic E-state index is -0.166. The van der Waals surface area contributed by atoms with Gasteiger partial charge in [-0.2, -0.15) is 4.98 Å². The highest BCUT2D eigenvalue weighted by Crippen LogP contribution is 2.36. The average Bonchev–Trinajstić information content (AvgIpc) is 2.77. The summed E-state index contributed by atoms with van der Waals surface area (Å²) in [6, 6.07) is 1.47. The van der Waals surface area contributed by atoms with E-state index >= 15 is 0 Å². The molecule has 6 heteroatoms. The quantitative estimate of drug-likeness (QED) is 0.913. The molecule has 0 spiro atoms. The van der Waals surface area contributed by atoms with E-state index in [0.29, 0.717) is 22.1 Å². The second-order valence-corrected chi connectivity index (χ2v) is 5.86. The first-order valence-electron chi connectivity index (χ1n) is 7.04. The van der Waals surface area contributed by atoms with Crippen molar-refractivity contribution < 1.29 is 10.2 Å². The summed E-state index contributed by atoms with van der Waals surface area (Å²) >= 11 is 5.99. The van der Waals surface area contributed by atoms with Gasteiger partial charge in [-0.25, -0.2) is 4.98 Å². The largest absolute Gasteiger partial charge is 0.480 e. The predicted molar refractivity (Wildman–Crippen MR) is 76.9 cm³/mol. The Morgan fingerprint density at radius 1 is 1.35 bits per heavy atom. The molecule has 0 saturated heterocycles. The lowest BCUT2D eigenvalue weighted by molar-refractivity contribution is 0.147. The third kappa shape index (κ3) is 2.36. The summed E-state index contributed by atoms with van der Waals surface area (Å²) in [5.41, 5.74) is 1.14. The lowest BCUT2D eigenvalue weighted by atomic mass is 9.84. The molecule has 1 aliphatic rings. The van der Waals surface area contributed by atoms with Crippen LogP contribution in [0, 0.1) is 5.92 Å². The molecule has 2 N–H and O–H groups in total. The number of imidazole rings is 1. The van der Waals surface area contributed by atoms with Crippen LogP contribution in [0.25, 0.3) is 11.2 Å². The van der Waals surface area contributed by atoms with Crippen LogP contribution in [0.4, 0.5) is 0 Å². The molecule has 0 aliphatic heterocycles. The number of fused-ring (bicyclic) bond motifs is 1. The predicted octanol–water partition coefficient (Wildman–Crippen LogP) is 2.90. The van der Waals surface area contributed by atoms with Crippen LogP contribution in [0.15, 0.2) is 12.3 Å². The third-order valence-corrected chi connectivity index (χ3v) is 4.41. The van der Waals surface area contributed by atoms with Crippen LogP contribution in [-0.4, -0.2) is 31.4 Å². The lowest BCUT2D eigenvalue weighted by Crippen LogP contribution is -2.24. The maximum atomic E-state index is 10.1. The van der Waals surface area contributed by atoms with Crippen molar-refractivity contribution in [1.82, 2.24) is 14.5 Å². The van der Waals surface area contributed by atoms with Crippen molar-refractivity contribution in [2.45, 2.75) is 38.1 Å². The fraction of sp³-hybridized carbons (Fsp3) is 0.571. The third-order valence-electron chi connectivity index (χ3n) is 4.21. The van der Waals surface area contributed by atoms with Gasteiger partial charge in [0.15, 0.2) is 5.65 Å². The van der Waals surface area contributed by atoms with Gasteiger partial charge in [0.25, 0.3) is 6.01 Å². The van der Waals surface area contributed by atoms with Gasteiger partial charge in [0.05, 0.1) is 23.2 Å². The van der Waals surface area contributed by atoms with Gasteiger partial charge >= 0.3 is 0 Å². The second kappa shape index (κ2) is 5.58. The molecule has 0 bridgehead atoms. The molecule has 0 radical (unpaired) electrons. The molecule has 1 aliphatic carbocycles. The van der Waals surface area contributed by atoms with E-state index in [4.69, 9.17) is 11.6 Å². The van der Waals surface area contributed by atoms with Crippen molar-refractivity contribution in [2.75, 3.05) is 6.61 Å². The minimum Gasteiger partial charge on any atom is -0.480 e. The normalized spacial score (nSPS) is 18.5.